The number of hydrogen-bond acceptors (Lipinski definition) is 1. The SMILES string of the molecule is OC1CCCc2c(F)ccc(F)c21. The predicted molar refractivity (Wildman–Crippen MR) is 44.3 cm³/mol. The summed E-state index contributed by atoms with van der Waals surface area (Å²) in [5, 5.41) is 9.46. The van der Waals surface area contributed by atoms with E-state index in [-0.39, 0.29) is 5.56 Å². The average Bonchev–Trinajstić information content (AvgIpc) is 2.12. The molecule has 0 radical (unpaired) electrons. The Hall–Kier alpha value is -0.960. The minimum Gasteiger partial charge on any atom is -0.388 e. The van der Waals surface area contributed by atoms with Crippen LogP contribution in [0.2, 0.25) is 0 Å². The Kier molecular flexibility index (Phi) is 2.04. The van der Waals surface area contributed by atoms with E-state index in [2.05, 4.69) is 0 Å². The molecule has 1 N–H and O–H groups in total. The van der Waals surface area contributed by atoms with Crippen molar-refractivity contribution in [3.63, 3.8) is 0 Å². The van der Waals surface area contributed by atoms with E-state index in [9.17, 15) is 13.9 Å². The van der Waals surface area contributed by atoms with Gasteiger partial charge in [-0.1, -0.05) is 0 Å². The van der Waals surface area contributed by atoms with Gasteiger partial charge in [0, 0.05) is 5.56 Å². The third kappa shape index (κ3) is 1.33. The average molecular weight is 184 g/mol. The third-order valence-corrected chi connectivity index (χ3v) is 2.48. The number of halogens is 2. The van der Waals surface area contributed by atoms with E-state index in [1.807, 2.05) is 0 Å². The van der Waals surface area contributed by atoms with Crippen molar-refractivity contribution < 1.29 is 13.9 Å². The lowest BCUT2D eigenvalue weighted by atomic mass is 9.89. The van der Waals surface area contributed by atoms with E-state index in [1.165, 1.54) is 0 Å². The Morgan fingerprint density at radius 2 is 1.92 bits per heavy atom. The van der Waals surface area contributed by atoms with Gasteiger partial charge < -0.3 is 5.11 Å². The smallest absolute Gasteiger partial charge is 0.129 e. The summed E-state index contributed by atoms with van der Waals surface area (Å²) in [4.78, 5) is 0. The van der Waals surface area contributed by atoms with Gasteiger partial charge in [-0.05, 0) is 37.0 Å². The Balaban J connectivity index is 2.60. The van der Waals surface area contributed by atoms with Crippen molar-refractivity contribution in [2.45, 2.75) is 25.4 Å². The molecule has 1 aliphatic rings. The predicted octanol–water partition coefficient (Wildman–Crippen LogP) is 2.33. The van der Waals surface area contributed by atoms with Crippen LogP contribution in [0.4, 0.5) is 8.78 Å². The molecule has 0 amide bonds. The Morgan fingerprint density at radius 1 is 1.23 bits per heavy atom. The fourth-order valence-electron chi connectivity index (χ4n) is 1.84. The Bertz CT molecular complexity index is 336. The standard InChI is InChI=1S/C10H10F2O/c11-7-4-5-8(12)10-6(7)2-1-3-9(10)13/h4-5,9,13H,1-3H2. The van der Waals surface area contributed by atoms with Crippen LogP contribution in [0, 0.1) is 11.6 Å². The zero-order valence-corrected chi connectivity index (χ0v) is 7.06. The van der Waals surface area contributed by atoms with E-state index in [0.29, 0.717) is 24.8 Å². The number of fused-ring (bicyclic) bond motifs is 1. The first-order valence-corrected chi connectivity index (χ1v) is 4.35. The second kappa shape index (κ2) is 3.07. The lowest BCUT2D eigenvalue weighted by Crippen LogP contribution is -2.13. The van der Waals surface area contributed by atoms with Crippen LogP contribution in [-0.4, -0.2) is 5.11 Å². The number of benzene rings is 1. The van der Waals surface area contributed by atoms with E-state index in [0.717, 1.165) is 12.1 Å². The molecule has 1 aliphatic carbocycles. The lowest BCUT2D eigenvalue weighted by Gasteiger charge is -2.21. The molecular formula is C10H10F2O. The quantitative estimate of drug-likeness (QED) is 0.656. The van der Waals surface area contributed by atoms with E-state index in [4.69, 9.17) is 0 Å². The first-order chi connectivity index (χ1) is 6.20. The molecule has 1 atom stereocenters. The minimum atomic E-state index is -0.834. The monoisotopic (exact) mass is 184 g/mol. The molecule has 0 bridgehead atoms. The first kappa shape index (κ1) is 8.63. The fraction of sp³-hybridized carbons (Fsp3) is 0.400. The van der Waals surface area contributed by atoms with Gasteiger partial charge in [0.25, 0.3) is 0 Å². The Morgan fingerprint density at radius 3 is 2.62 bits per heavy atom. The Labute approximate surface area is 75.0 Å². The van der Waals surface area contributed by atoms with Crippen molar-refractivity contribution in [3.8, 4) is 0 Å². The second-order valence-corrected chi connectivity index (χ2v) is 3.33. The van der Waals surface area contributed by atoms with Gasteiger partial charge in [-0.2, -0.15) is 0 Å². The minimum absolute atomic E-state index is 0.159. The molecule has 0 saturated carbocycles. The summed E-state index contributed by atoms with van der Waals surface area (Å²) >= 11 is 0. The largest absolute Gasteiger partial charge is 0.388 e. The molecule has 2 rings (SSSR count). The summed E-state index contributed by atoms with van der Waals surface area (Å²) in [5.74, 6) is -0.904. The van der Waals surface area contributed by atoms with Gasteiger partial charge in [0.2, 0.25) is 0 Å². The van der Waals surface area contributed by atoms with Crippen LogP contribution in [-0.2, 0) is 6.42 Å². The highest BCUT2D eigenvalue weighted by molar-refractivity contribution is 5.33. The summed E-state index contributed by atoms with van der Waals surface area (Å²) in [6, 6.07) is 2.19. The van der Waals surface area contributed by atoms with Crippen molar-refractivity contribution >= 4 is 0 Å². The first-order valence-electron chi connectivity index (χ1n) is 4.35. The third-order valence-electron chi connectivity index (χ3n) is 2.48. The highest BCUT2D eigenvalue weighted by atomic mass is 19.1. The zero-order valence-electron chi connectivity index (χ0n) is 7.06. The van der Waals surface area contributed by atoms with Crippen LogP contribution < -0.4 is 0 Å². The normalized spacial score (nSPS) is 21.3. The maximum absolute atomic E-state index is 13.2. The molecule has 13 heavy (non-hydrogen) atoms. The molecule has 0 saturated heterocycles. The van der Waals surface area contributed by atoms with Crippen LogP contribution in [0.3, 0.4) is 0 Å². The summed E-state index contributed by atoms with van der Waals surface area (Å²) in [7, 11) is 0. The van der Waals surface area contributed by atoms with Gasteiger partial charge in [0.15, 0.2) is 0 Å². The van der Waals surface area contributed by atoms with Crippen LogP contribution in [0.25, 0.3) is 0 Å². The van der Waals surface area contributed by atoms with E-state index >= 15 is 0 Å². The molecule has 0 aromatic heterocycles. The van der Waals surface area contributed by atoms with E-state index < -0.39 is 17.7 Å². The van der Waals surface area contributed by atoms with Crippen molar-refractivity contribution in [2.24, 2.45) is 0 Å². The topological polar surface area (TPSA) is 20.2 Å². The van der Waals surface area contributed by atoms with Gasteiger partial charge in [0.05, 0.1) is 6.10 Å². The number of hydrogen-bond donors (Lipinski definition) is 1. The number of aliphatic hydroxyl groups excluding tert-OH is 1. The zero-order chi connectivity index (χ0) is 9.42. The molecule has 1 unspecified atom stereocenters. The molecule has 1 aromatic rings. The van der Waals surface area contributed by atoms with Crippen LogP contribution in [0.5, 0.6) is 0 Å². The maximum atomic E-state index is 13.2. The van der Waals surface area contributed by atoms with Gasteiger partial charge in [-0.15, -0.1) is 0 Å². The fourth-order valence-corrected chi connectivity index (χ4v) is 1.84. The maximum Gasteiger partial charge on any atom is 0.129 e. The van der Waals surface area contributed by atoms with Gasteiger partial charge in [-0.3, -0.25) is 0 Å². The van der Waals surface area contributed by atoms with Crippen molar-refractivity contribution in [1.29, 1.82) is 0 Å². The summed E-state index contributed by atoms with van der Waals surface area (Å²) in [6.07, 6.45) is 0.928. The molecular weight excluding hydrogens is 174 g/mol. The van der Waals surface area contributed by atoms with E-state index in [1.54, 1.807) is 0 Å². The molecule has 0 heterocycles. The molecule has 1 aromatic carbocycles. The van der Waals surface area contributed by atoms with Gasteiger partial charge in [0.1, 0.15) is 11.6 Å². The number of aliphatic hydroxyl groups is 1. The number of rotatable bonds is 0. The van der Waals surface area contributed by atoms with Crippen molar-refractivity contribution in [1.82, 2.24) is 0 Å². The van der Waals surface area contributed by atoms with Crippen LogP contribution in [0.1, 0.15) is 30.1 Å². The van der Waals surface area contributed by atoms with Crippen LogP contribution in [0.15, 0.2) is 12.1 Å². The summed E-state index contributed by atoms with van der Waals surface area (Å²) in [5.41, 5.74) is 0.505. The lowest BCUT2D eigenvalue weighted by molar-refractivity contribution is 0.150. The van der Waals surface area contributed by atoms with Crippen molar-refractivity contribution in [2.75, 3.05) is 0 Å². The molecule has 0 spiro atoms. The highest BCUT2D eigenvalue weighted by Gasteiger charge is 2.24. The molecule has 0 fully saturated rings. The molecule has 70 valence electrons. The van der Waals surface area contributed by atoms with Gasteiger partial charge in [-0.25, -0.2) is 8.78 Å². The van der Waals surface area contributed by atoms with Crippen LogP contribution >= 0.6 is 0 Å². The summed E-state index contributed by atoms with van der Waals surface area (Å²) in [6.45, 7) is 0. The molecule has 3 heteroatoms. The molecule has 0 aliphatic heterocycles. The van der Waals surface area contributed by atoms with Crippen molar-refractivity contribution in [3.05, 3.63) is 34.9 Å². The van der Waals surface area contributed by atoms with Gasteiger partial charge >= 0.3 is 0 Å². The second-order valence-electron chi connectivity index (χ2n) is 3.33. The summed E-state index contributed by atoms with van der Waals surface area (Å²) < 4.78 is 26.3. The molecule has 1 nitrogen and oxygen atoms in total. The highest BCUT2D eigenvalue weighted by Crippen LogP contribution is 2.32.